The van der Waals surface area contributed by atoms with E-state index in [-0.39, 0.29) is 18.1 Å². The maximum absolute atomic E-state index is 13.7. The van der Waals surface area contributed by atoms with Gasteiger partial charge in [0.2, 0.25) is 5.91 Å². The van der Waals surface area contributed by atoms with E-state index in [2.05, 4.69) is 4.90 Å². The normalized spacial score (nSPS) is 22.9. The lowest BCUT2D eigenvalue weighted by atomic mass is 10.1. The molecule has 2 fully saturated rings. The minimum Gasteiger partial charge on any atom is -0.338 e. The van der Waals surface area contributed by atoms with E-state index < -0.39 is 0 Å². The highest BCUT2D eigenvalue weighted by molar-refractivity contribution is 5.79. The first-order valence-electron chi connectivity index (χ1n) is 7.99. The molecule has 0 aliphatic carbocycles. The van der Waals surface area contributed by atoms with Gasteiger partial charge in [-0.25, -0.2) is 4.39 Å². The summed E-state index contributed by atoms with van der Waals surface area (Å²) in [5.41, 5.74) is 0.509. The van der Waals surface area contributed by atoms with E-state index in [9.17, 15) is 9.18 Å². The first-order chi connectivity index (χ1) is 10.2. The largest absolute Gasteiger partial charge is 0.338 e. The van der Waals surface area contributed by atoms with Crippen LogP contribution in [-0.2, 0) is 11.2 Å². The lowest BCUT2D eigenvalue weighted by Gasteiger charge is -2.28. The molecule has 1 aromatic rings. The van der Waals surface area contributed by atoms with Crippen molar-refractivity contribution in [3.05, 3.63) is 35.6 Å². The van der Waals surface area contributed by atoms with Crippen LogP contribution >= 0.6 is 0 Å². The van der Waals surface area contributed by atoms with E-state index in [1.54, 1.807) is 18.2 Å². The number of hydrogen-bond donors (Lipinski definition) is 0. The lowest BCUT2D eigenvalue weighted by molar-refractivity contribution is -0.131. The van der Waals surface area contributed by atoms with Crippen molar-refractivity contribution in [3.8, 4) is 0 Å². The van der Waals surface area contributed by atoms with Crippen molar-refractivity contribution in [3.63, 3.8) is 0 Å². The van der Waals surface area contributed by atoms with Crippen LogP contribution in [0.1, 0.15) is 31.2 Å². The molecule has 114 valence electrons. The molecule has 4 heteroatoms. The molecule has 1 amide bonds. The van der Waals surface area contributed by atoms with Crippen molar-refractivity contribution in [2.75, 3.05) is 26.2 Å². The van der Waals surface area contributed by atoms with Gasteiger partial charge in [0, 0.05) is 19.1 Å². The van der Waals surface area contributed by atoms with Gasteiger partial charge in [-0.15, -0.1) is 0 Å². The Labute approximate surface area is 125 Å². The summed E-state index contributed by atoms with van der Waals surface area (Å²) >= 11 is 0. The molecule has 21 heavy (non-hydrogen) atoms. The summed E-state index contributed by atoms with van der Waals surface area (Å²) in [6.45, 7) is 4.13. The van der Waals surface area contributed by atoms with Gasteiger partial charge in [-0.2, -0.15) is 0 Å². The first kappa shape index (κ1) is 14.5. The van der Waals surface area contributed by atoms with Crippen LogP contribution in [0.5, 0.6) is 0 Å². The monoisotopic (exact) mass is 290 g/mol. The zero-order valence-electron chi connectivity index (χ0n) is 12.4. The highest BCUT2D eigenvalue weighted by Gasteiger charge is 2.30. The van der Waals surface area contributed by atoms with Crippen LogP contribution in [-0.4, -0.2) is 47.9 Å². The number of carbonyl (C=O) groups excluding carboxylic acids is 1. The Morgan fingerprint density at radius 2 is 1.90 bits per heavy atom. The second kappa shape index (κ2) is 6.56. The minimum absolute atomic E-state index is 0.0711. The van der Waals surface area contributed by atoms with E-state index in [4.69, 9.17) is 0 Å². The lowest BCUT2D eigenvalue weighted by Crippen LogP contribution is -2.43. The molecule has 3 nitrogen and oxygen atoms in total. The van der Waals surface area contributed by atoms with E-state index in [0.29, 0.717) is 11.6 Å². The Hall–Kier alpha value is -1.42. The van der Waals surface area contributed by atoms with Gasteiger partial charge in [-0.1, -0.05) is 18.2 Å². The molecule has 2 heterocycles. The van der Waals surface area contributed by atoms with Crippen LogP contribution < -0.4 is 0 Å². The van der Waals surface area contributed by atoms with Gasteiger partial charge in [-0.3, -0.25) is 4.79 Å². The minimum atomic E-state index is -0.277. The number of amides is 1. The molecule has 1 aromatic carbocycles. The fourth-order valence-electron chi connectivity index (χ4n) is 3.52. The number of benzene rings is 1. The third-order valence-electron chi connectivity index (χ3n) is 4.66. The molecule has 2 aliphatic heterocycles. The smallest absolute Gasteiger partial charge is 0.227 e. The Morgan fingerprint density at radius 3 is 2.67 bits per heavy atom. The van der Waals surface area contributed by atoms with E-state index in [1.807, 2.05) is 4.90 Å². The second-order valence-corrected chi connectivity index (χ2v) is 6.16. The summed E-state index contributed by atoms with van der Waals surface area (Å²) in [6, 6.07) is 6.90. The van der Waals surface area contributed by atoms with Crippen molar-refractivity contribution in [1.29, 1.82) is 0 Å². The Balaban J connectivity index is 1.61. The fraction of sp³-hybridized carbons (Fsp3) is 0.588. The maximum Gasteiger partial charge on any atom is 0.227 e. The zero-order valence-corrected chi connectivity index (χ0v) is 12.4. The summed E-state index contributed by atoms with van der Waals surface area (Å²) in [4.78, 5) is 16.9. The van der Waals surface area contributed by atoms with Gasteiger partial charge < -0.3 is 9.80 Å². The Kier molecular flexibility index (Phi) is 4.54. The van der Waals surface area contributed by atoms with Crippen molar-refractivity contribution in [2.24, 2.45) is 0 Å². The number of likely N-dealkylation sites (tertiary alicyclic amines) is 2. The molecule has 2 saturated heterocycles. The second-order valence-electron chi connectivity index (χ2n) is 6.16. The molecule has 1 unspecified atom stereocenters. The number of nitrogens with zero attached hydrogens (tertiary/aromatic N) is 2. The molecule has 0 aromatic heterocycles. The van der Waals surface area contributed by atoms with Crippen LogP contribution in [0, 0.1) is 5.82 Å². The fourth-order valence-corrected chi connectivity index (χ4v) is 3.52. The molecule has 2 aliphatic rings. The van der Waals surface area contributed by atoms with Crippen LogP contribution in [0.15, 0.2) is 24.3 Å². The molecule has 0 N–H and O–H groups in total. The van der Waals surface area contributed by atoms with Crippen molar-refractivity contribution in [1.82, 2.24) is 9.80 Å². The highest BCUT2D eigenvalue weighted by Crippen LogP contribution is 2.22. The summed E-state index contributed by atoms with van der Waals surface area (Å²) in [5.74, 6) is -0.206. The van der Waals surface area contributed by atoms with Crippen molar-refractivity contribution < 1.29 is 9.18 Å². The zero-order chi connectivity index (χ0) is 14.7. The molecule has 0 radical (unpaired) electrons. The molecule has 3 rings (SSSR count). The molecule has 0 saturated carbocycles. The van der Waals surface area contributed by atoms with Gasteiger partial charge in [0.1, 0.15) is 5.82 Å². The molecule has 1 atom stereocenters. The number of halogens is 1. The number of hydrogen-bond acceptors (Lipinski definition) is 2. The van der Waals surface area contributed by atoms with Gasteiger partial charge in [0.15, 0.2) is 0 Å². The van der Waals surface area contributed by atoms with Gasteiger partial charge in [-0.05, 0) is 50.4 Å². The van der Waals surface area contributed by atoms with Crippen LogP contribution in [0.3, 0.4) is 0 Å². The van der Waals surface area contributed by atoms with E-state index in [0.717, 1.165) is 39.0 Å². The standard InChI is InChI=1S/C17H23FN2O/c18-16-8-2-1-6-14(16)12-17(21)20-11-5-7-15(20)13-19-9-3-4-10-19/h1-2,6,8,15H,3-5,7,9-13H2. The van der Waals surface area contributed by atoms with E-state index in [1.165, 1.54) is 18.9 Å². The topological polar surface area (TPSA) is 23.6 Å². The summed E-state index contributed by atoms with van der Waals surface area (Å²) in [6.07, 6.45) is 4.88. The summed E-state index contributed by atoms with van der Waals surface area (Å²) < 4.78 is 13.7. The number of carbonyl (C=O) groups is 1. The van der Waals surface area contributed by atoms with Crippen molar-refractivity contribution in [2.45, 2.75) is 38.1 Å². The molecule has 0 bridgehead atoms. The van der Waals surface area contributed by atoms with Gasteiger partial charge in [0.25, 0.3) is 0 Å². The summed E-state index contributed by atoms with van der Waals surface area (Å²) in [5, 5.41) is 0. The molecule has 0 spiro atoms. The quantitative estimate of drug-likeness (QED) is 0.850. The maximum atomic E-state index is 13.7. The number of rotatable bonds is 4. The SMILES string of the molecule is O=C(Cc1ccccc1F)N1CCCC1CN1CCCC1. The predicted molar refractivity (Wildman–Crippen MR) is 80.5 cm³/mol. The third-order valence-corrected chi connectivity index (χ3v) is 4.66. The Bertz CT molecular complexity index is 499. The molecular weight excluding hydrogens is 267 g/mol. The van der Waals surface area contributed by atoms with Crippen LogP contribution in [0.4, 0.5) is 4.39 Å². The predicted octanol–water partition coefficient (Wildman–Crippen LogP) is 2.46. The van der Waals surface area contributed by atoms with Gasteiger partial charge in [0.05, 0.1) is 6.42 Å². The third kappa shape index (κ3) is 3.43. The van der Waals surface area contributed by atoms with E-state index >= 15 is 0 Å². The van der Waals surface area contributed by atoms with Crippen LogP contribution in [0.2, 0.25) is 0 Å². The first-order valence-corrected chi connectivity index (χ1v) is 7.99. The highest BCUT2D eigenvalue weighted by atomic mass is 19.1. The average molecular weight is 290 g/mol. The van der Waals surface area contributed by atoms with Gasteiger partial charge >= 0.3 is 0 Å². The average Bonchev–Trinajstić information content (AvgIpc) is 3.13. The Morgan fingerprint density at radius 1 is 1.14 bits per heavy atom. The van der Waals surface area contributed by atoms with Crippen LogP contribution in [0.25, 0.3) is 0 Å². The summed E-state index contributed by atoms with van der Waals surface area (Å²) in [7, 11) is 0. The molecular formula is C17H23FN2O. The van der Waals surface area contributed by atoms with Crippen molar-refractivity contribution >= 4 is 5.91 Å².